The van der Waals surface area contributed by atoms with Crippen molar-refractivity contribution in [3.8, 4) is 0 Å². The number of methoxy groups -OCH3 is 1. The number of carbonyl (C=O) groups excluding carboxylic acids is 4. The van der Waals surface area contributed by atoms with Gasteiger partial charge in [0.25, 0.3) is 5.91 Å². The number of imide groups is 1. The normalized spacial score (nSPS) is 15.8. The van der Waals surface area contributed by atoms with Crippen LogP contribution in [0.1, 0.15) is 22.3 Å². The fourth-order valence-electron chi connectivity index (χ4n) is 3.02. The van der Waals surface area contributed by atoms with E-state index in [4.69, 9.17) is 0 Å². The summed E-state index contributed by atoms with van der Waals surface area (Å²) in [6.45, 7) is 0.252. The monoisotopic (exact) mass is 395 g/mol. The van der Waals surface area contributed by atoms with E-state index in [-0.39, 0.29) is 13.0 Å². The van der Waals surface area contributed by atoms with Crippen molar-refractivity contribution in [2.45, 2.75) is 18.9 Å². The van der Waals surface area contributed by atoms with Crippen molar-refractivity contribution in [1.82, 2.24) is 10.2 Å². The molecular formula is C21H21N3O5. The van der Waals surface area contributed by atoms with E-state index in [2.05, 4.69) is 15.4 Å². The number of urea groups is 1. The molecule has 1 fully saturated rings. The smallest absolute Gasteiger partial charge is 0.337 e. The fraction of sp³-hybridized carbons (Fsp3) is 0.238. The van der Waals surface area contributed by atoms with Crippen molar-refractivity contribution in [1.29, 1.82) is 0 Å². The molecule has 8 nitrogen and oxygen atoms in total. The van der Waals surface area contributed by atoms with Gasteiger partial charge in [-0.25, -0.2) is 9.59 Å². The predicted octanol–water partition coefficient (Wildman–Crippen LogP) is 1.96. The molecule has 1 unspecified atom stereocenters. The van der Waals surface area contributed by atoms with Gasteiger partial charge in [0.1, 0.15) is 6.04 Å². The van der Waals surface area contributed by atoms with Crippen LogP contribution in [0.3, 0.4) is 0 Å². The average Bonchev–Trinajstić information content (AvgIpc) is 2.99. The number of ether oxygens (including phenoxy) is 1. The van der Waals surface area contributed by atoms with Gasteiger partial charge in [0, 0.05) is 12.2 Å². The average molecular weight is 395 g/mol. The van der Waals surface area contributed by atoms with E-state index < -0.39 is 29.9 Å². The second-order valence-electron chi connectivity index (χ2n) is 6.55. The molecule has 0 saturated carbocycles. The molecule has 8 heteroatoms. The molecule has 0 radical (unpaired) electrons. The third-order valence-electron chi connectivity index (χ3n) is 4.55. The van der Waals surface area contributed by atoms with Crippen molar-refractivity contribution < 1.29 is 23.9 Å². The number of nitrogens with zero attached hydrogens (tertiary/aromatic N) is 1. The van der Waals surface area contributed by atoms with Crippen LogP contribution in [0.15, 0.2) is 54.6 Å². The first-order valence-corrected chi connectivity index (χ1v) is 9.12. The summed E-state index contributed by atoms with van der Waals surface area (Å²) in [4.78, 5) is 49.4. The molecule has 1 heterocycles. The van der Waals surface area contributed by atoms with Crippen LogP contribution < -0.4 is 10.6 Å². The molecule has 0 aliphatic carbocycles. The van der Waals surface area contributed by atoms with E-state index >= 15 is 0 Å². The third kappa shape index (κ3) is 4.98. The van der Waals surface area contributed by atoms with Crippen LogP contribution in [0.25, 0.3) is 0 Å². The minimum atomic E-state index is -0.896. The Balaban J connectivity index is 1.53. The zero-order valence-corrected chi connectivity index (χ0v) is 15.9. The second kappa shape index (κ2) is 9.01. The van der Waals surface area contributed by atoms with Crippen molar-refractivity contribution in [2.24, 2.45) is 0 Å². The molecule has 0 aromatic heterocycles. The molecule has 1 atom stereocenters. The Kier molecular flexibility index (Phi) is 6.23. The van der Waals surface area contributed by atoms with E-state index in [1.54, 1.807) is 12.1 Å². The maximum Gasteiger partial charge on any atom is 0.337 e. The summed E-state index contributed by atoms with van der Waals surface area (Å²) in [7, 11) is 1.29. The molecule has 1 aliphatic heterocycles. The number of carbonyl (C=O) groups is 4. The number of nitrogens with one attached hydrogen (secondary N) is 2. The van der Waals surface area contributed by atoms with Gasteiger partial charge in [0.15, 0.2) is 0 Å². The number of anilines is 1. The summed E-state index contributed by atoms with van der Waals surface area (Å²) in [6, 6.07) is 14.3. The second-order valence-corrected chi connectivity index (χ2v) is 6.55. The SMILES string of the molecule is COC(=O)c1ccc(NC(=O)CC2NC(=O)N(CCc3ccccc3)C2=O)cc1. The molecule has 1 saturated heterocycles. The lowest BCUT2D eigenvalue weighted by molar-refractivity contribution is -0.129. The van der Waals surface area contributed by atoms with E-state index in [1.165, 1.54) is 19.2 Å². The first kappa shape index (κ1) is 20.1. The highest BCUT2D eigenvalue weighted by Gasteiger charge is 2.38. The molecule has 2 aromatic carbocycles. The highest BCUT2D eigenvalue weighted by Crippen LogP contribution is 2.14. The van der Waals surface area contributed by atoms with Gasteiger partial charge >= 0.3 is 12.0 Å². The number of amides is 4. The lowest BCUT2D eigenvalue weighted by Crippen LogP contribution is -2.34. The fourth-order valence-corrected chi connectivity index (χ4v) is 3.02. The number of rotatable bonds is 7. The Morgan fingerprint density at radius 3 is 2.41 bits per heavy atom. The summed E-state index contributed by atoms with van der Waals surface area (Å²) >= 11 is 0. The number of benzene rings is 2. The molecule has 0 bridgehead atoms. The number of hydrogen-bond donors (Lipinski definition) is 2. The Labute approximate surface area is 167 Å². The number of esters is 1. The van der Waals surface area contributed by atoms with Crippen molar-refractivity contribution in [3.63, 3.8) is 0 Å². The van der Waals surface area contributed by atoms with E-state index in [9.17, 15) is 19.2 Å². The Morgan fingerprint density at radius 1 is 1.07 bits per heavy atom. The molecule has 0 spiro atoms. The molecule has 2 N–H and O–H groups in total. The molecular weight excluding hydrogens is 374 g/mol. The van der Waals surface area contributed by atoms with Crippen LogP contribution in [0.2, 0.25) is 0 Å². The Morgan fingerprint density at radius 2 is 1.76 bits per heavy atom. The molecule has 1 aliphatic rings. The van der Waals surface area contributed by atoms with Gasteiger partial charge in [0.2, 0.25) is 5.91 Å². The minimum absolute atomic E-state index is 0.175. The molecule has 29 heavy (non-hydrogen) atoms. The summed E-state index contributed by atoms with van der Waals surface area (Å²) in [6.07, 6.45) is 0.372. The molecule has 3 rings (SSSR count). The maximum absolute atomic E-state index is 12.5. The quantitative estimate of drug-likeness (QED) is 0.551. The Hall–Kier alpha value is -3.68. The summed E-state index contributed by atoms with van der Waals surface area (Å²) < 4.78 is 4.62. The van der Waals surface area contributed by atoms with Crippen LogP contribution in [0.5, 0.6) is 0 Å². The topological polar surface area (TPSA) is 105 Å². The van der Waals surface area contributed by atoms with E-state index in [0.717, 1.165) is 10.5 Å². The predicted molar refractivity (Wildman–Crippen MR) is 105 cm³/mol. The van der Waals surface area contributed by atoms with Gasteiger partial charge in [-0.1, -0.05) is 30.3 Å². The zero-order valence-electron chi connectivity index (χ0n) is 15.9. The van der Waals surface area contributed by atoms with Crippen molar-refractivity contribution in [2.75, 3.05) is 19.0 Å². The standard InChI is InChI=1S/C21H21N3O5/c1-29-20(27)15-7-9-16(10-8-15)22-18(25)13-17-19(26)24(21(28)23-17)12-11-14-5-3-2-4-6-14/h2-10,17H,11-13H2,1H3,(H,22,25)(H,23,28). The van der Waals surface area contributed by atoms with Crippen LogP contribution in [0.4, 0.5) is 10.5 Å². The van der Waals surface area contributed by atoms with Gasteiger partial charge in [-0.05, 0) is 36.2 Å². The highest BCUT2D eigenvalue weighted by molar-refractivity contribution is 6.07. The maximum atomic E-state index is 12.5. The largest absolute Gasteiger partial charge is 0.465 e. The van der Waals surface area contributed by atoms with E-state index in [0.29, 0.717) is 17.7 Å². The third-order valence-corrected chi connectivity index (χ3v) is 4.55. The van der Waals surface area contributed by atoms with Gasteiger partial charge in [-0.15, -0.1) is 0 Å². The van der Waals surface area contributed by atoms with Gasteiger partial charge in [0.05, 0.1) is 19.1 Å². The lowest BCUT2D eigenvalue weighted by atomic mass is 10.1. The first-order chi connectivity index (χ1) is 14.0. The van der Waals surface area contributed by atoms with Crippen LogP contribution in [-0.4, -0.2) is 48.4 Å². The van der Waals surface area contributed by atoms with Gasteiger partial charge in [-0.2, -0.15) is 0 Å². The summed E-state index contributed by atoms with van der Waals surface area (Å²) in [5, 5.41) is 5.20. The molecule has 2 aromatic rings. The Bertz CT molecular complexity index is 912. The lowest BCUT2D eigenvalue weighted by Gasteiger charge is -2.13. The van der Waals surface area contributed by atoms with Gasteiger partial charge < -0.3 is 15.4 Å². The number of hydrogen-bond acceptors (Lipinski definition) is 5. The molecule has 150 valence electrons. The van der Waals surface area contributed by atoms with Crippen LogP contribution >= 0.6 is 0 Å². The highest BCUT2D eigenvalue weighted by atomic mass is 16.5. The zero-order chi connectivity index (χ0) is 20.8. The van der Waals surface area contributed by atoms with Crippen LogP contribution in [-0.2, 0) is 20.7 Å². The minimum Gasteiger partial charge on any atom is -0.465 e. The van der Waals surface area contributed by atoms with Gasteiger partial charge in [-0.3, -0.25) is 14.5 Å². The van der Waals surface area contributed by atoms with E-state index in [1.807, 2.05) is 30.3 Å². The summed E-state index contributed by atoms with van der Waals surface area (Å²) in [5.41, 5.74) is 1.85. The van der Waals surface area contributed by atoms with Crippen LogP contribution in [0, 0.1) is 0 Å². The first-order valence-electron chi connectivity index (χ1n) is 9.12. The van der Waals surface area contributed by atoms with Crippen molar-refractivity contribution >= 4 is 29.5 Å². The van der Waals surface area contributed by atoms with Crippen molar-refractivity contribution in [3.05, 3.63) is 65.7 Å². The molecule has 4 amide bonds. The summed E-state index contributed by atoms with van der Waals surface area (Å²) in [5.74, 6) is -1.31.